The molecular formula is C8H13N3O. The zero-order valence-electron chi connectivity index (χ0n) is 6.89. The van der Waals surface area contributed by atoms with E-state index in [-0.39, 0.29) is 11.9 Å². The lowest BCUT2D eigenvalue weighted by molar-refractivity contribution is -0.123. The van der Waals surface area contributed by atoms with E-state index in [1.807, 2.05) is 0 Å². The van der Waals surface area contributed by atoms with Gasteiger partial charge in [-0.3, -0.25) is 4.79 Å². The first-order valence-electron chi connectivity index (χ1n) is 3.79. The van der Waals surface area contributed by atoms with Crippen molar-refractivity contribution < 1.29 is 4.79 Å². The van der Waals surface area contributed by atoms with Crippen LogP contribution in [0.25, 0.3) is 0 Å². The van der Waals surface area contributed by atoms with E-state index in [2.05, 4.69) is 23.8 Å². The average Bonchev–Trinajstić information content (AvgIpc) is 1.94. The SMILES string of the molecule is C=C(N)NC1CCC(=C)NC1=O. The molecule has 1 unspecified atom stereocenters. The number of piperidine rings is 1. The summed E-state index contributed by atoms with van der Waals surface area (Å²) in [4.78, 5) is 11.2. The summed E-state index contributed by atoms with van der Waals surface area (Å²) < 4.78 is 0. The van der Waals surface area contributed by atoms with E-state index in [0.717, 1.165) is 18.5 Å². The molecule has 4 heteroatoms. The maximum Gasteiger partial charge on any atom is 0.246 e. The lowest BCUT2D eigenvalue weighted by Crippen LogP contribution is -2.47. The molecule has 1 aliphatic heterocycles. The summed E-state index contributed by atoms with van der Waals surface area (Å²) in [6, 6.07) is -0.256. The second-order valence-corrected chi connectivity index (χ2v) is 2.85. The summed E-state index contributed by atoms with van der Waals surface area (Å²) >= 11 is 0. The molecule has 12 heavy (non-hydrogen) atoms. The van der Waals surface area contributed by atoms with E-state index in [1.54, 1.807) is 0 Å². The Morgan fingerprint density at radius 2 is 2.42 bits per heavy atom. The maximum atomic E-state index is 11.2. The third kappa shape index (κ3) is 2.02. The van der Waals surface area contributed by atoms with Crippen molar-refractivity contribution in [2.24, 2.45) is 5.73 Å². The Morgan fingerprint density at radius 1 is 1.75 bits per heavy atom. The summed E-state index contributed by atoms with van der Waals surface area (Å²) in [5.74, 6) is 0.237. The highest BCUT2D eigenvalue weighted by atomic mass is 16.2. The molecule has 0 spiro atoms. The van der Waals surface area contributed by atoms with Gasteiger partial charge in [-0.1, -0.05) is 13.2 Å². The van der Waals surface area contributed by atoms with Gasteiger partial charge < -0.3 is 16.4 Å². The summed E-state index contributed by atoms with van der Waals surface area (Å²) in [5.41, 5.74) is 6.08. The van der Waals surface area contributed by atoms with Crippen LogP contribution in [0.2, 0.25) is 0 Å². The zero-order valence-corrected chi connectivity index (χ0v) is 6.89. The number of nitrogens with one attached hydrogen (secondary N) is 2. The summed E-state index contributed by atoms with van der Waals surface area (Å²) in [6.07, 6.45) is 1.51. The molecular weight excluding hydrogens is 154 g/mol. The number of carbonyl (C=O) groups is 1. The predicted octanol–water partition coefficient (Wildman–Crippen LogP) is -0.202. The topological polar surface area (TPSA) is 67.2 Å². The van der Waals surface area contributed by atoms with Crippen molar-refractivity contribution in [2.45, 2.75) is 18.9 Å². The maximum absolute atomic E-state index is 11.2. The molecule has 4 N–H and O–H groups in total. The van der Waals surface area contributed by atoms with E-state index in [1.165, 1.54) is 0 Å². The molecule has 1 saturated heterocycles. The third-order valence-corrected chi connectivity index (χ3v) is 1.71. The summed E-state index contributed by atoms with van der Waals surface area (Å²) in [7, 11) is 0. The van der Waals surface area contributed by atoms with Gasteiger partial charge in [0.2, 0.25) is 5.91 Å². The van der Waals surface area contributed by atoms with Crippen molar-refractivity contribution in [1.29, 1.82) is 0 Å². The van der Waals surface area contributed by atoms with E-state index < -0.39 is 0 Å². The van der Waals surface area contributed by atoms with E-state index >= 15 is 0 Å². The van der Waals surface area contributed by atoms with Crippen molar-refractivity contribution in [1.82, 2.24) is 10.6 Å². The number of amides is 1. The third-order valence-electron chi connectivity index (χ3n) is 1.71. The molecule has 1 heterocycles. The van der Waals surface area contributed by atoms with Crippen LogP contribution in [0.4, 0.5) is 0 Å². The highest BCUT2D eigenvalue weighted by molar-refractivity contribution is 5.84. The fourth-order valence-corrected chi connectivity index (χ4v) is 1.14. The number of nitrogens with two attached hydrogens (primary N) is 1. The number of allylic oxidation sites excluding steroid dienone is 1. The van der Waals surface area contributed by atoms with Gasteiger partial charge in [0.1, 0.15) is 6.04 Å². The van der Waals surface area contributed by atoms with E-state index in [9.17, 15) is 4.79 Å². The number of rotatable bonds is 2. The normalized spacial score (nSPS) is 23.2. The zero-order chi connectivity index (χ0) is 9.14. The molecule has 66 valence electrons. The Kier molecular flexibility index (Phi) is 2.38. The first kappa shape index (κ1) is 8.64. The van der Waals surface area contributed by atoms with Gasteiger partial charge in [-0.15, -0.1) is 0 Å². The molecule has 0 aromatic carbocycles. The van der Waals surface area contributed by atoms with Crippen molar-refractivity contribution in [3.63, 3.8) is 0 Å². The Balaban J connectivity index is 2.51. The molecule has 1 fully saturated rings. The second-order valence-electron chi connectivity index (χ2n) is 2.85. The van der Waals surface area contributed by atoms with Crippen LogP contribution < -0.4 is 16.4 Å². The monoisotopic (exact) mass is 167 g/mol. The fourth-order valence-electron chi connectivity index (χ4n) is 1.14. The van der Waals surface area contributed by atoms with Crippen molar-refractivity contribution in [3.05, 3.63) is 24.7 Å². The minimum absolute atomic E-state index is 0.0853. The minimum Gasteiger partial charge on any atom is -0.386 e. The van der Waals surface area contributed by atoms with Gasteiger partial charge in [0.25, 0.3) is 0 Å². The van der Waals surface area contributed by atoms with Crippen LogP contribution in [0.15, 0.2) is 24.7 Å². The van der Waals surface area contributed by atoms with Crippen LogP contribution in [0.3, 0.4) is 0 Å². The molecule has 0 aliphatic carbocycles. The van der Waals surface area contributed by atoms with Crippen LogP contribution in [-0.4, -0.2) is 11.9 Å². The lowest BCUT2D eigenvalue weighted by Gasteiger charge is -2.24. The van der Waals surface area contributed by atoms with Crippen LogP contribution in [0, 0.1) is 0 Å². The summed E-state index contributed by atoms with van der Waals surface area (Å²) in [5, 5.41) is 5.42. The molecule has 1 atom stereocenters. The van der Waals surface area contributed by atoms with Gasteiger partial charge in [0.15, 0.2) is 0 Å². The Morgan fingerprint density at radius 3 is 2.92 bits per heavy atom. The number of hydrogen-bond acceptors (Lipinski definition) is 3. The average molecular weight is 167 g/mol. The smallest absolute Gasteiger partial charge is 0.246 e. The van der Waals surface area contributed by atoms with Gasteiger partial charge in [0.05, 0.1) is 5.82 Å². The van der Waals surface area contributed by atoms with Crippen molar-refractivity contribution in [2.75, 3.05) is 0 Å². The van der Waals surface area contributed by atoms with Crippen LogP contribution in [0.1, 0.15) is 12.8 Å². The lowest BCUT2D eigenvalue weighted by atomic mass is 10.1. The molecule has 0 bridgehead atoms. The quantitative estimate of drug-likeness (QED) is 0.533. The highest BCUT2D eigenvalue weighted by Gasteiger charge is 2.23. The Bertz CT molecular complexity index is 234. The molecule has 0 aromatic heterocycles. The van der Waals surface area contributed by atoms with Crippen molar-refractivity contribution in [3.8, 4) is 0 Å². The number of carbonyl (C=O) groups excluding carboxylic acids is 1. The Hall–Kier alpha value is -1.45. The van der Waals surface area contributed by atoms with Gasteiger partial charge in [0, 0.05) is 5.70 Å². The first-order valence-corrected chi connectivity index (χ1v) is 3.79. The molecule has 0 radical (unpaired) electrons. The Labute approximate surface area is 71.5 Å². The molecule has 1 amide bonds. The van der Waals surface area contributed by atoms with Crippen LogP contribution in [-0.2, 0) is 4.79 Å². The number of hydrogen-bond donors (Lipinski definition) is 3. The van der Waals surface area contributed by atoms with E-state index in [0.29, 0.717) is 5.82 Å². The first-order chi connectivity index (χ1) is 5.59. The highest BCUT2D eigenvalue weighted by Crippen LogP contribution is 2.10. The minimum atomic E-state index is -0.256. The predicted molar refractivity (Wildman–Crippen MR) is 46.8 cm³/mol. The van der Waals surface area contributed by atoms with Crippen LogP contribution >= 0.6 is 0 Å². The second kappa shape index (κ2) is 3.30. The van der Waals surface area contributed by atoms with Gasteiger partial charge in [-0.2, -0.15) is 0 Å². The molecule has 0 saturated carbocycles. The summed E-state index contributed by atoms with van der Waals surface area (Å²) in [6.45, 7) is 7.13. The van der Waals surface area contributed by atoms with Gasteiger partial charge in [-0.05, 0) is 12.8 Å². The van der Waals surface area contributed by atoms with Crippen LogP contribution in [0.5, 0.6) is 0 Å². The van der Waals surface area contributed by atoms with Gasteiger partial charge in [-0.25, -0.2) is 0 Å². The van der Waals surface area contributed by atoms with Crippen molar-refractivity contribution >= 4 is 5.91 Å². The molecule has 1 rings (SSSR count). The van der Waals surface area contributed by atoms with E-state index in [4.69, 9.17) is 5.73 Å². The van der Waals surface area contributed by atoms with Gasteiger partial charge >= 0.3 is 0 Å². The fraction of sp³-hybridized carbons (Fsp3) is 0.375. The molecule has 4 nitrogen and oxygen atoms in total. The molecule has 1 aliphatic rings. The standard InChI is InChI=1S/C8H13N3O/c1-5-3-4-7(8(12)10-5)11-6(2)9/h7,11H,1-4,9H2,(H,10,12). The molecule has 0 aromatic rings. The largest absolute Gasteiger partial charge is 0.386 e.